The molecular formula is C25H26N6O. The van der Waals surface area contributed by atoms with Gasteiger partial charge >= 0.3 is 6.03 Å². The van der Waals surface area contributed by atoms with Gasteiger partial charge in [-0.1, -0.05) is 42.5 Å². The molecule has 0 aliphatic carbocycles. The molecule has 2 amide bonds. The van der Waals surface area contributed by atoms with Gasteiger partial charge in [0.1, 0.15) is 17.8 Å². The van der Waals surface area contributed by atoms with E-state index < -0.39 is 0 Å². The molecule has 0 bridgehead atoms. The minimum atomic E-state index is -0.204. The number of anilines is 2. The van der Waals surface area contributed by atoms with Crippen LogP contribution in [0.3, 0.4) is 0 Å². The van der Waals surface area contributed by atoms with E-state index in [0.717, 1.165) is 54.0 Å². The molecule has 0 spiro atoms. The Hall–Kier alpha value is -3.87. The lowest BCUT2D eigenvalue weighted by molar-refractivity contribution is 0.251. The topological polar surface area (TPSA) is 85.9 Å². The number of hydrogen-bond acceptors (Lipinski definition) is 4. The van der Waals surface area contributed by atoms with Crippen LogP contribution in [0, 0.1) is 0 Å². The number of nitrogens with zero attached hydrogens (tertiary/aromatic N) is 3. The monoisotopic (exact) mass is 426 g/mol. The standard InChI is InChI=1S/C25H26N6O/c32-25(30-21-9-2-1-3-10-21)27-15-18-6-4-7-19(14-18)20-8-5-13-31(16-20)24-22-11-12-26-23(22)28-17-29-24/h1-4,6-7,9-12,14,17,20H,5,8,13,15-16H2,(H,26,28,29)(H2,27,30,32). The Morgan fingerprint density at radius 3 is 2.91 bits per heavy atom. The molecule has 1 aliphatic heterocycles. The van der Waals surface area contributed by atoms with Gasteiger partial charge < -0.3 is 20.5 Å². The third-order valence-corrected chi connectivity index (χ3v) is 5.96. The van der Waals surface area contributed by atoms with Crippen LogP contribution in [-0.2, 0) is 6.54 Å². The van der Waals surface area contributed by atoms with Crippen LogP contribution in [0.2, 0.25) is 0 Å². The predicted molar refractivity (Wildman–Crippen MR) is 127 cm³/mol. The first-order valence-electron chi connectivity index (χ1n) is 11.0. The molecule has 1 saturated heterocycles. The van der Waals surface area contributed by atoms with Gasteiger partial charge in [-0.3, -0.25) is 0 Å². The lowest BCUT2D eigenvalue weighted by Gasteiger charge is -2.34. The van der Waals surface area contributed by atoms with Crippen molar-refractivity contribution in [1.82, 2.24) is 20.3 Å². The smallest absolute Gasteiger partial charge is 0.319 e. The number of fused-ring (bicyclic) bond motifs is 1. The van der Waals surface area contributed by atoms with Gasteiger partial charge in [-0.25, -0.2) is 14.8 Å². The number of benzene rings is 2. The number of carbonyl (C=O) groups excluding carboxylic acids is 1. The second kappa shape index (κ2) is 9.09. The van der Waals surface area contributed by atoms with Gasteiger partial charge in [-0.05, 0) is 42.2 Å². The quantitative estimate of drug-likeness (QED) is 0.433. The number of amides is 2. The fourth-order valence-corrected chi connectivity index (χ4v) is 4.39. The summed E-state index contributed by atoms with van der Waals surface area (Å²) in [6.07, 6.45) is 5.80. The van der Waals surface area contributed by atoms with Crippen LogP contribution in [0.5, 0.6) is 0 Å². The zero-order valence-corrected chi connectivity index (χ0v) is 17.8. The molecule has 0 radical (unpaired) electrons. The van der Waals surface area contributed by atoms with Crippen molar-refractivity contribution < 1.29 is 4.79 Å². The van der Waals surface area contributed by atoms with Gasteiger partial charge in [0, 0.05) is 37.4 Å². The number of hydrogen-bond donors (Lipinski definition) is 3. The van der Waals surface area contributed by atoms with Crippen LogP contribution >= 0.6 is 0 Å². The number of piperidine rings is 1. The van der Waals surface area contributed by atoms with E-state index in [2.05, 4.69) is 54.8 Å². The summed E-state index contributed by atoms with van der Waals surface area (Å²) in [6.45, 7) is 2.40. The minimum Gasteiger partial charge on any atom is -0.355 e. The summed E-state index contributed by atoms with van der Waals surface area (Å²) in [5, 5.41) is 6.87. The third-order valence-electron chi connectivity index (χ3n) is 5.96. The van der Waals surface area contributed by atoms with Gasteiger partial charge in [-0.15, -0.1) is 0 Å². The maximum absolute atomic E-state index is 12.2. The van der Waals surface area contributed by atoms with E-state index in [0.29, 0.717) is 12.5 Å². The van der Waals surface area contributed by atoms with Crippen LogP contribution in [0.1, 0.15) is 29.9 Å². The Kier molecular flexibility index (Phi) is 5.70. The number of rotatable bonds is 5. The molecule has 2 aromatic carbocycles. The largest absolute Gasteiger partial charge is 0.355 e. The van der Waals surface area contributed by atoms with Crippen LogP contribution in [0.4, 0.5) is 16.3 Å². The highest BCUT2D eigenvalue weighted by molar-refractivity contribution is 5.89. The van der Waals surface area contributed by atoms with Crippen molar-refractivity contribution in [1.29, 1.82) is 0 Å². The number of aromatic amines is 1. The van der Waals surface area contributed by atoms with Crippen molar-refractivity contribution in [3.8, 4) is 0 Å². The van der Waals surface area contributed by atoms with E-state index in [4.69, 9.17) is 0 Å². The van der Waals surface area contributed by atoms with E-state index in [1.165, 1.54) is 5.56 Å². The molecular weight excluding hydrogens is 400 g/mol. The molecule has 7 nitrogen and oxygen atoms in total. The molecule has 162 valence electrons. The molecule has 4 aromatic rings. The molecule has 32 heavy (non-hydrogen) atoms. The second-order valence-electron chi connectivity index (χ2n) is 8.14. The molecule has 1 unspecified atom stereocenters. The maximum Gasteiger partial charge on any atom is 0.319 e. The Bertz CT molecular complexity index is 1210. The van der Waals surface area contributed by atoms with Crippen LogP contribution in [0.15, 0.2) is 73.2 Å². The van der Waals surface area contributed by atoms with Crippen LogP contribution in [0.25, 0.3) is 11.0 Å². The first kappa shape index (κ1) is 20.1. The van der Waals surface area contributed by atoms with Crippen molar-refractivity contribution in [3.63, 3.8) is 0 Å². The van der Waals surface area contributed by atoms with E-state index in [1.54, 1.807) is 6.33 Å². The van der Waals surface area contributed by atoms with Crippen molar-refractivity contribution in [3.05, 3.63) is 84.3 Å². The number of urea groups is 1. The highest BCUT2D eigenvalue weighted by atomic mass is 16.2. The molecule has 2 aromatic heterocycles. The van der Waals surface area contributed by atoms with Gasteiger partial charge in [0.2, 0.25) is 0 Å². The third kappa shape index (κ3) is 4.42. The van der Waals surface area contributed by atoms with E-state index >= 15 is 0 Å². The lowest BCUT2D eigenvalue weighted by Crippen LogP contribution is -2.35. The molecule has 1 fully saturated rings. The number of carbonyl (C=O) groups is 1. The van der Waals surface area contributed by atoms with Gasteiger partial charge in [-0.2, -0.15) is 0 Å². The number of H-pyrrole nitrogens is 1. The second-order valence-corrected chi connectivity index (χ2v) is 8.14. The highest BCUT2D eigenvalue weighted by Crippen LogP contribution is 2.32. The summed E-state index contributed by atoms with van der Waals surface area (Å²) in [4.78, 5) is 26.6. The zero-order valence-electron chi connectivity index (χ0n) is 17.8. The van der Waals surface area contributed by atoms with E-state index in [9.17, 15) is 4.79 Å². The normalized spacial score (nSPS) is 16.1. The first-order chi connectivity index (χ1) is 15.8. The fourth-order valence-electron chi connectivity index (χ4n) is 4.39. The Labute approximate surface area is 186 Å². The average Bonchev–Trinajstić information content (AvgIpc) is 3.33. The van der Waals surface area contributed by atoms with Crippen molar-refractivity contribution in [2.75, 3.05) is 23.3 Å². The van der Waals surface area contributed by atoms with E-state index in [1.807, 2.05) is 42.6 Å². The Balaban J connectivity index is 1.24. The molecule has 7 heteroatoms. The molecule has 5 rings (SSSR count). The van der Waals surface area contributed by atoms with Crippen LogP contribution in [-0.4, -0.2) is 34.1 Å². The molecule has 0 saturated carbocycles. The molecule has 3 heterocycles. The fraction of sp³-hybridized carbons (Fsp3) is 0.240. The number of aromatic nitrogens is 3. The Morgan fingerprint density at radius 1 is 1.09 bits per heavy atom. The minimum absolute atomic E-state index is 0.204. The number of nitrogens with one attached hydrogen (secondary N) is 3. The summed E-state index contributed by atoms with van der Waals surface area (Å²) in [7, 11) is 0. The maximum atomic E-state index is 12.2. The summed E-state index contributed by atoms with van der Waals surface area (Å²) in [5.74, 6) is 1.42. The van der Waals surface area contributed by atoms with Crippen LogP contribution < -0.4 is 15.5 Å². The number of para-hydroxylation sites is 1. The highest BCUT2D eigenvalue weighted by Gasteiger charge is 2.24. The molecule has 1 aliphatic rings. The summed E-state index contributed by atoms with van der Waals surface area (Å²) < 4.78 is 0. The van der Waals surface area contributed by atoms with E-state index in [-0.39, 0.29) is 6.03 Å². The van der Waals surface area contributed by atoms with Gasteiger partial charge in [0.15, 0.2) is 0 Å². The van der Waals surface area contributed by atoms with Gasteiger partial charge in [0.05, 0.1) is 5.39 Å². The average molecular weight is 427 g/mol. The van der Waals surface area contributed by atoms with Crippen molar-refractivity contribution >= 4 is 28.6 Å². The predicted octanol–water partition coefficient (Wildman–Crippen LogP) is 4.66. The molecule has 3 N–H and O–H groups in total. The zero-order chi connectivity index (χ0) is 21.8. The van der Waals surface area contributed by atoms with Crippen molar-refractivity contribution in [2.45, 2.75) is 25.3 Å². The SMILES string of the molecule is O=C(NCc1cccc(C2CCCN(c3ncnc4[nH]ccc34)C2)c1)Nc1ccccc1. The molecule has 1 atom stereocenters. The summed E-state index contributed by atoms with van der Waals surface area (Å²) in [6, 6.07) is 19.8. The first-order valence-corrected chi connectivity index (χ1v) is 11.0. The Morgan fingerprint density at radius 2 is 2.00 bits per heavy atom. The van der Waals surface area contributed by atoms with Gasteiger partial charge in [0.25, 0.3) is 0 Å². The van der Waals surface area contributed by atoms with Crippen molar-refractivity contribution in [2.24, 2.45) is 0 Å². The lowest BCUT2D eigenvalue weighted by atomic mass is 9.89. The summed E-state index contributed by atoms with van der Waals surface area (Å²) >= 11 is 0. The summed E-state index contributed by atoms with van der Waals surface area (Å²) in [5.41, 5.74) is 4.05.